The second-order valence-corrected chi connectivity index (χ2v) is 5.11. The molecule has 0 aliphatic carbocycles. The van der Waals surface area contributed by atoms with Gasteiger partial charge < -0.3 is 14.1 Å². The van der Waals surface area contributed by atoms with Crippen molar-refractivity contribution < 1.29 is 13.7 Å². The fourth-order valence-corrected chi connectivity index (χ4v) is 2.34. The lowest BCUT2D eigenvalue weighted by Crippen LogP contribution is -2.29. The lowest BCUT2D eigenvalue weighted by atomic mass is 10.2. The number of nitrogens with zero attached hydrogens (tertiary/aromatic N) is 2. The highest BCUT2D eigenvalue weighted by molar-refractivity contribution is 5.69. The van der Waals surface area contributed by atoms with E-state index in [0.717, 1.165) is 41.6 Å². The Morgan fingerprint density at radius 1 is 1.35 bits per heavy atom. The highest BCUT2D eigenvalue weighted by Gasteiger charge is 2.17. The lowest BCUT2D eigenvalue weighted by Gasteiger charge is -2.08. The smallest absolute Gasteiger partial charge is 0.374 e. The summed E-state index contributed by atoms with van der Waals surface area (Å²) in [7, 11) is 4.05. The van der Waals surface area contributed by atoms with Gasteiger partial charge in [-0.05, 0) is 18.6 Å². The average Bonchev–Trinajstić information content (AvgIpc) is 2.96. The Balaban J connectivity index is 1.95. The van der Waals surface area contributed by atoms with E-state index in [2.05, 4.69) is 22.5 Å². The van der Waals surface area contributed by atoms with Gasteiger partial charge in [-0.15, -0.1) is 0 Å². The third-order valence-corrected chi connectivity index (χ3v) is 3.53. The molecule has 0 radical (unpaired) electrons. The first-order valence-corrected chi connectivity index (χ1v) is 6.76. The van der Waals surface area contributed by atoms with E-state index in [9.17, 15) is 0 Å². The fourth-order valence-electron chi connectivity index (χ4n) is 2.34. The maximum atomic E-state index is 5.86. The molecule has 1 aromatic carbocycles. The topological polar surface area (TPSA) is 29.5 Å². The summed E-state index contributed by atoms with van der Waals surface area (Å²) in [5.41, 5.74) is 3.09. The number of para-hydroxylation sites is 2. The second-order valence-electron chi connectivity index (χ2n) is 5.11. The molecule has 1 aromatic heterocycles. The van der Waals surface area contributed by atoms with Crippen LogP contribution in [0.15, 0.2) is 46.2 Å². The number of hydrogen-bond donors (Lipinski definition) is 0. The number of rotatable bonds is 2. The summed E-state index contributed by atoms with van der Waals surface area (Å²) in [5.74, 6) is 1.75. The van der Waals surface area contributed by atoms with Gasteiger partial charge in [-0.1, -0.05) is 12.1 Å². The van der Waals surface area contributed by atoms with Gasteiger partial charge in [0.05, 0.1) is 12.6 Å². The van der Waals surface area contributed by atoms with Crippen LogP contribution < -0.4 is 4.57 Å². The molecule has 4 nitrogen and oxygen atoms in total. The number of fused-ring (bicyclic) bond motifs is 1. The lowest BCUT2D eigenvalue weighted by molar-refractivity contribution is -0.652. The molecule has 4 heteroatoms. The molecule has 1 saturated heterocycles. The minimum absolute atomic E-state index is 0.758. The molecule has 0 saturated carbocycles. The summed E-state index contributed by atoms with van der Waals surface area (Å²) in [6.07, 6.45) is 4.07. The van der Waals surface area contributed by atoms with Crippen molar-refractivity contribution in [2.45, 2.75) is 6.92 Å². The van der Waals surface area contributed by atoms with Gasteiger partial charge in [0.1, 0.15) is 13.7 Å². The minimum atomic E-state index is 0.758. The van der Waals surface area contributed by atoms with Gasteiger partial charge in [0.15, 0.2) is 5.88 Å². The maximum absolute atomic E-state index is 5.86. The Hall–Kier alpha value is -2.23. The van der Waals surface area contributed by atoms with Crippen LogP contribution in [0.4, 0.5) is 0 Å². The van der Waals surface area contributed by atoms with Gasteiger partial charge in [-0.2, -0.15) is 4.57 Å². The highest BCUT2D eigenvalue weighted by atomic mass is 16.5. The molecule has 0 bridgehead atoms. The van der Waals surface area contributed by atoms with Crippen molar-refractivity contribution in [1.29, 1.82) is 0 Å². The monoisotopic (exact) mass is 271 g/mol. The molecule has 2 heterocycles. The van der Waals surface area contributed by atoms with E-state index in [4.69, 9.17) is 9.15 Å². The first-order valence-electron chi connectivity index (χ1n) is 6.76. The van der Waals surface area contributed by atoms with Crippen LogP contribution in [-0.2, 0) is 11.8 Å². The van der Waals surface area contributed by atoms with Crippen molar-refractivity contribution >= 4 is 17.2 Å². The van der Waals surface area contributed by atoms with Gasteiger partial charge in [0.25, 0.3) is 5.52 Å². The molecule has 0 N–H and O–H groups in total. The number of ether oxygens (including phenoxy) is 1. The minimum Gasteiger partial charge on any atom is -0.477 e. The number of benzene rings is 1. The molecule has 1 aliphatic rings. The summed E-state index contributed by atoms with van der Waals surface area (Å²) in [4.78, 5) is 2.11. The molecular weight excluding hydrogens is 252 g/mol. The first kappa shape index (κ1) is 12.8. The number of aromatic nitrogens is 1. The zero-order chi connectivity index (χ0) is 14.1. The van der Waals surface area contributed by atoms with Crippen molar-refractivity contribution in [1.82, 2.24) is 4.90 Å². The van der Waals surface area contributed by atoms with Crippen LogP contribution in [0.25, 0.3) is 17.2 Å². The van der Waals surface area contributed by atoms with Crippen molar-refractivity contribution in [3.8, 4) is 0 Å². The molecule has 0 unspecified atom stereocenters. The molecule has 20 heavy (non-hydrogen) atoms. The molecule has 104 valence electrons. The van der Waals surface area contributed by atoms with Crippen LogP contribution in [0, 0.1) is 0 Å². The van der Waals surface area contributed by atoms with Crippen molar-refractivity contribution in [3.05, 3.63) is 47.7 Å². The SMILES string of the molecule is CC(=C/c1oc2ccccc2[n+]1C)/C=C1\OCCN1C. The molecule has 0 atom stereocenters. The Morgan fingerprint density at radius 2 is 2.15 bits per heavy atom. The summed E-state index contributed by atoms with van der Waals surface area (Å²) in [6, 6.07) is 8.03. The predicted octanol–water partition coefficient (Wildman–Crippen LogP) is 2.46. The van der Waals surface area contributed by atoms with Crippen LogP contribution in [0.3, 0.4) is 0 Å². The fraction of sp³-hybridized carbons (Fsp3) is 0.312. The number of oxazole rings is 1. The standard InChI is InChI=1S/C16H19N2O2/c1-12(10-15-17(2)8-9-19-15)11-16-18(3)13-6-4-5-7-14(13)20-16/h4-7,10-11H,8-9H2,1-3H3/q+1. The molecule has 1 fully saturated rings. The van der Waals surface area contributed by atoms with E-state index in [-0.39, 0.29) is 0 Å². The van der Waals surface area contributed by atoms with Crippen LogP contribution in [0.1, 0.15) is 12.8 Å². The molecule has 3 rings (SSSR count). The van der Waals surface area contributed by atoms with E-state index in [1.165, 1.54) is 0 Å². The zero-order valence-electron chi connectivity index (χ0n) is 12.1. The molecule has 0 amide bonds. The summed E-state index contributed by atoms with van der Waals surface area (Å²) >= 11 is 0. The third kappa shape index (κ3) is 2.29. The maximum Gasteiger partial charge on any atom is 0.374 e. The summed E-state index contributed by atoms with van der Waals surface area (Å²) in [6.45, 7) is 3.75. The Labute approximate surface area is 118 Å². The van der Waals surface area contributed by atoms with Crippen LogP contribution >= 0.6 is 0 Å². The zero-order valence-corrected chi connectivity index (χ0v) is 12.1. The number of allylic oxidation sites excluding steroid dienone is 2. The van der Waals surface area contributed by atoms with Gasteiger partial charge in [-0.3, -0.25) is 0 Å². The molecule has 2 aromatic rings. The summed E-state index contributed by atoms with van der Waals surface area (Å²) < 4.78 is 13.5. The van der Waals surface area contributed by atoms with Crippen molar-refractivity contribution in [3.63, 3.8) is 0 Å². The van der Waals surface area contributed by atoms with Crippen molar-refractivity contribution in [2.75, 3.05) is 20.2 Å². The quantitative estimate of drug-likeness (QED) is 0.786. The van der Waals surface area contributed by atoms with E-state index >= 15 is 0 Å². The number of aryl methyl sites for hydroxylation is 1. The number of hydrogen-bond acceptors (Lipinski definition) is 3. The average molecular weight is 271 g/mol. The van der Waals surface area contributed by atoms with Crippen LogP contribution in [0.2, 0.25) is 0 Å². The molecule has 0 spiro atoms. The van der Waals surface area contributed by atoms with Gasteiger partial charge >= 0.3 is 5.89 Å². The second kappa shape index (κ2) is 5.04. The first-order chi connectivity index (χ1) is 9.65. The number of likely N-dealkylation sites (N-methyl/N-ethyl adjacent to an activating group) is 1. The Bertz CT molecular complexity index is 698. The normalized spacial score (nSPS) is 18.1. The molecular formula is C16H19N2O2+. The Kier molecular flexibility index (Phi) is 3.22. The molecule has 1 aliphatic heterocycles. The largest absolute Gasteiger partial charge is 0.477 e. The van der Waals surface area contributed by atoms with E-state index < -0.39 is 0 Å². The van der Waals surface area contributed by atoms with Gasteiger partial charge in [0, 0.05) is 19.2 Å². The Morgan fingerprint density at radius 3 is 2.85 bits per heavy atom. The predicted molar refractivity (Wildman–Crippen MR) is 77.7 cm³/mol. The van der Waals surface area contributed by atoms with Crippen molar-refractivity contribution in [2.24, 2.45) is 7.05 Å². The van der Waals surface area contributed by atoms with E-state index in [0.29, 0.717) is 0 Å². The van der Waals surface area contributed by atoms with Crippen LogP contribution in [-0.4, -0.2) is 25.1 Å². The van der Waals surface area contributed by atoms with E-state index in [1.807, 2.05) is 44.4 Å². The highest BCUT2D eigenvalue weighted by Crippen LogP contribution is 2.17. The van der Waals surface area contributed by atoms with E-state index in [1.54, 1.807) is 0 Å². The van der Waals surface area contributed by atoms with Gasteiger partial charge in [0.2, 0.25) is 5.58 Å². The van der Waals surface area contributed by atoms with Crippen LogP contribution in [0.5, 0.6) is 0 Å². The third-order valence-electron chi connectivity index (χ3n) is 3.53. The summed E-state index contributed by atoms with van der Waals surface area (Å²) in [5, 5.41) is 0. The van der Waals surface area contributed by atoms with Gasteiger partial charge in [-0.25, -0.2) is 0 Å².